The summed E-state index contributed by atoms with van der Waals surface area (Å²) in [5.41, 5.74) is -2.97. The van der Waals surface area contributed by atoms with E-state index in [2.05, 4.69) is 25.7 Å². The highest BCUT2D eigenvalue weighted by Gasteiger charge is 2.29. The molecule has 118 valence electrons. The first kappa shape index (κ1) is 20.6. The van der Waals surface area contributed by atoms with Gasteiger partial charge in [-0.15, -0.1) is 0 Å². The van der Waals surface area contributed by atoms with Crippen molar-refractivity contribution in [2.24, 2.45) is 0 Å². The number of carbonyl (C=O) groups is 3. The Hall–Kier alpha value is -1.67. The Morgan fingerprint density at radius 2 is 1.20 bits per heavy atom. The maximum Gasteiger partial charge on any atom is 0.114 e. The number of aliphatic carboxylic acids is 3. The van der Waals surface area contributed by atoms with E-state index < -0.39 is 36.4 Å². The van der Waals surface area contributed by atoms with Gasteiger partial charge in [-0.2, -0.15) is 0 Å². The van der Waals surface area contributed by atoms with Crippen LogP contribution in [0.5, 0.6) is 0 Å². The zero-order valence-corrected chi connectivity index (χ0v) is 11.9. The van der Waals surface area contributed by atoms with Gasteiger partial charge in [0.2, 0.25) is 0 Å². The predicted molar refractivity (Wildman–Crippen MR) is 62.7 cm³/mol. The Balaban J connectivity index is 0. The van der Waals surface area contributed by atoms with Crippen molar-refractivity contribution in [3.63, 3.8) is 0 Å². The molecule has 0 radical (unpaired) electrons. The molecule has 0 aliphatic carbocycles. The van der Waals surface area contributed by atoms with Crippen LogP contribution in [0.1, 0.15) is 33.6 Å². The Kier molecular flexibility index (Phi) is 10.5. The summed E-state index contributed by atoms with van der Waals surface area (Å²) in [5.74, 6) is -5.98. The van der Waals surface area contributed by atoms with Crippen LogP contribution in [0.15, 0.2) is 0 Å². The molecule has 0 atom stereocenters. The molecule has 0 amide bonds. The van der Waals surface area contributed by atoms with Crippen molar-refractivity contribution < 1.29 is 34.8 Å². The van der Waals surface area contributed by atoms with Crippen molar-refractivity contribution in [1.82, 2.24) is 4.90 Å². The second-order valence-corrected chi connectivity index (χ2v) is 4.04. The first-order valence-corrected chi connectivity index (χ1v) is 6.18. The monoisotopic (exact) mass is 290 g/mol. The average Bonchev–Trinajstić information content (AvgIpc) is 2.29. The van der Waals surface area contributed by atoms with Gasteiger partial charge < -0.3 is 39.7 Å². The zero-order valence-electron chi connectivity index (χ0n) is 11.9. The molecule has 8 nitrogen and oxygen atoms in total. The van der Waals surface area contributed by atoms with Crippen LogP contribution in [-0.2, 0) is 14.4 Å². The van der Waals surface area contributed by atoms with Crippen LogP contribution in [0.2, 0.25) is 0 Å². The van der Waals surface area contributed by atoms with Crippen molar-refractivity contribution in [1.29, 1.82) is 0 Å². The minimum absolute atomic E-state index is 1.19. The van der Waals surface area contributed by atoms with E-state index in [1.54, 1.807) is 0 Å². The molecule has 8 heteroatoms. The first-order chi connectivity index (χ1) is 9.12. The van der Waals surface area contributed by atoms with Crippen LogP contribution in [0.4, 0.5) is 0 Å². The summed E-state index contributed by atoms with van der Waals surface area (Å²) in [6.07, 6.45) is -2.72. The van der Waals surface area contributed by atoms with Crippen molar-refractivity contribution >= 4 is 17.9 Å². The van der Waals surface area contributed by atoms with E-state index in [1.165, 1.54) is 19.6 Å². The SMILES string of the molecule is CCN(CC)CC.O=C([O-])CC(O)(CC(=O)[O-])C(=O)[O-]. The lowest BCUT2D eigenvalue weighted by Crippen LogP contribution is -2.54. The molecule has 1 N–H and O–H groups in total. The van der Waals surface area contributed by atoms with Gasteiger partial charge in [0.25, 0.3) is 0 Å². The van der Waals surface area contributed by atoms with Crippen LogP contribution < -0.4 is 15.3 Å². The Morgan fingerprint density at radius 1 is 0.900 bits per heavy atom. The molecule has 0 spiro atoms. The molecule has 0 rings (SSSR count). The lowest BCUT2D eigenvalue weighted by Gasteiger charge is -2.29. The fourth-order valence-corrected chi connectivity index (χ4v) is 1.36. The number of aliphatic hydroxyl groups is 1. The van der Waals surface area contributed by atoms with Gasteiger partial charge in [-0.3, -0.25) is 0 Å². The van der Waals surface area contributed by atoms with Crippen molar-refractivity contribution in [3.05, 3.63) is 0 Å². The third-order valence-electron chi connectivity index (χ3n) is 2.60. The quantitative estimate of drug-likeness (QED) is 0.477. The number of rotatable bonds is 8. The molecule has 0 fully saturated rings. The number of carboxylic acids is 3. The van der Waals surface area contributed by atoms with Crippen LogP contribution in [0.25, 0.3) is 0 Å². The summed E-state index contributed by atoms with van der Waals surface area (Å²) >= 11 is 0. The number of carbonyl (C=O) groups excluding carboxylic acids is 3. The summed E-state index contributed by atoms with van der Waals surface area (Å²) in [7, 11) is 0. The fraction of sp³-hybridized carbons (Fsp3) is 0.750. The normalized spacial score (nSPS) is 10.7. The van der Waals surface area contributed by atoms with Gasteiger partial charge in [0.1, 0.15) is 5.60 Å². The highest BCUT2D eigenvalue weighted by atomic mass is 16.4. The van der Waals surface area contributed by atoms with Gasteiger partial charge in [0.05, 0.1) is 5.97 Å². The maximum absolute atomic E-state index is 10.1. The van der Waals surface area contributed by atoms with Gasteiger partial charge in [-0.05, 0) is 19.6 Å². The first-order valence-electron chi connectivity index (χ1n) is 6.18. The zero-order chi connectivity index (χ0) is 16.3. The summed E-state index contributed by atoms with van der Waals surface area (Å²) in [6, 6.07) is 0. The van der Waals surface area contributed by atoms with E-state index in [1.807, 2.05) is 0 Å². The largest absolute Gasteiger partial charge is 0.550 e. The average molecular weight is 290 g/mol. The second-order valence-electron chi connectivity index (χ2n) is 4.04. The van der Waals surface area contributed by atoms with E-state index in [0.29, 0.717) is 0 Å². The predicted octanol–water partition coefficient (Wildman–Crippen LogP) is -3.90. The molecule has 0 aromatic heterocycles. The number of hydrogen-bond acceptors (Lipinski definition) is 8. The van der Waals surface area contributed by atoms with Crippen LogP contribution in [-0.4, -0.2) is 53.1 Å². The molecule has 0 saturated carbocycles. The van der Waals surface area contributed by atoms with E-state index in [0.717, 1.165) is 0 Å². The van der Waals surface area contributed by atoms with Crippen molar-refractivity contribution in [2.75, 3.05) is 19.6 Å². The Morgan fingerprint density at radius 3 is 1.30 bits per heavy atom. The molecule has 0 heterocycles. The number of nitrogens with zero attached hydrogens (tertiary/aromatic N) is 1. The summed E-state index contributed by atoms with van der Waals surface area (Å²) in [4.78, 5) is 32.4. The summed E-state index contributed by atoms with van der Waals surface area (Å²) in [6.45, 7) is 10.1. The van der Waals surface area contributed by atoms with E-state index in [9.17, 15) is 29.7 Å². The van der Waals surface area contributed by atoms with E-state index in [4.69, 9.17) is 5.11 Å². The minimum atomic E-state index is -2.97. The lowest BCUT2D eigenvalue weighted by molar-refractivity contribution is -0.339. The molecule has 0 aliphatic heterocycles. The standard InChI is InChI=1S/C6H15N.C6H8O7/c1-4-7(5-2)6-3;7-3(8)1-6(13,5(11)12)2-4(9)10/h4-6H2,1-3H3;13H,1-2H2,(H,7,8)(H,9,10)(H,11,12)/p-3. The second kappa shape index (κ2) is 10.2. The molecule has 0 unspecified atom stereocenters. The Labute approximate surface area is 117 Å². The molecule has 20 heavy (non-hydrogen) atoms. The molecule has 0 aromatic rings. The van der Waals surface area contributed by atoms with Crippen LogP contribution in [0, 0.1) is 0 Å². The van der Waals surface area contributed by atoms with Gasteiger partial charge in [-0.25, -0.2) is 0 Å². The highest BCUT2D eigenvalue weighted by molar-refractivity contribution is 5.86. The van der Waals surface area contributed by atoms with Crippen molar-refractivity contribution in [2.45, 2.75) is 39.2 Å². The topological polar surface area (TPSA) is 144 Å². The molecule has 0 bridgehead atoms. The Bertz CT molecular complexity index is 304. The lowest BCUT2D eigenvalue weighted by atomic mass is 9.96. The van der Waals surface area contributed by atoms with Crippen LogP contribution in [0.3, 0.4) is 0 Å². The third-order valence-corrected chi connectivity index (χ3v) is 2.60. The van der Waals surface area contributed by atoms with Gasteiger partial charge in [-0.1, -0.05) is 20.8 Å². The number of carboxylic acid groups (broad SMARTS) is 3. The highest BCUT2D eigenvalue weighted by Crippen LogP contribution is 2.13. The summed E-state index contributed by atoms with van der Waals surface area (Å²) in [5, 5.41) is 38.9. The van der Waals surface area contributed by atoms with E-state index >= 15 is 0 Å². The third kappa shape index (κ3) is 9.29. The van der Waals surface area contributed by atoms with Gasteiger partial charge >= 0.3 is 0 Å². The minimum Gasteiger partial charge on any atom is -0.550 e. The summed E-state index contributed by atoms with van der Waals surface area (Å²) < 4.78 is 0. The van der Waals surface area contributed by atoms with Crippen molar-refractivity contribution in [3.8, 4) is 0 Å². The molecule has 0 aliphatic rings. The molecule has 0 aromatic carbocycles. The maximum atomic E-state index is 10.1. The molecule has 0 saturated heterocycles. The number of hydrogen-bond donors (Lipinski definition) is 1. The van der Waals surface area contributed by atoms with Gasteiger partial charge in [0, 0.05) is 24.8 Å². The molecular weight excluding hydrogens is 270 g/mol. The van der Waals surface area contributed by atoms with Gasteiger partial charge in [0.15, 0.2) is 0 Å². The molecular formula is C12H20NO7-3. The van der Waals surface area contributed by atoms with E-state index in [-0.39, 0.29) is 0 Å². The van der Waals surface area contributed by atoms with Crippen LogP contribution >= 0.6 is 0 Å². The fourth-order valence-electron chi connectivity index (χ4n) is 1.36. The smallest absolute Gasteiger partial charge is 0.114 e.